The third-order valence-corrected chi connectivity index (χ3v) is 9.04. The van der Waals surface area contributed by atoms with Crippen LogP contribution in [0.25, 0.3) is 0 Å². The van der Waals surface area contributed by atoms with E-state index in [-0.39, 0.29) is 19.3 Å². The average molecular weight is 575 g/mol. The molecule has 0 saturated carbocycles. The Kier molecular flexibility index (Phi) is 7.68. The minimum absolute atomic E-state index is 0.198. The molecule has 1 amide bonds. The molecule has 1 atom stereocenters. The number of likely N-dealkylation sites (tertiary alicyclic amines) is 1. The van der Waals surface area contributed by atoms with Gasteiger partial charge in [-0.05, 0) is 43.5 Å². The zero-order valence-electron chi connectivity index (χ0n) is 23.5. The van der Waals surface area contributed by atoms with Crippen molar-refractivity contribution in [3.05, 3.63) is 76.7 Å². The summed E-state index contributed by atoms with van der Waals surface area (Å²) in [4.78, 5) is 36.1. The summed E-state index contributed by atoms with van der Waals surface area (Å²) in [5.41, 5.74) is 4.00. The van der Waals surface area contributed by atoms with Gasteiger partial charge in [0, 0.05) is 11.4 Å². The van der Waals surface area contributed by atoms with E-state index in [0.717, 1.165) is 65.9 Å². The highest BCUT2D eigenvalue weighted by Gasteiger charge is 2.38. The minimum atomic E-state index is -0.596. The molecular formula is C31H36N5O4S+. The van der Waals surface area contributed by atoms with Crippen LogP contribution in [0.3, 0.4) is 0 Å². The molecule has 1 aromatic heterocycles. The fourth-order valence-corrected chi connectivity index (χ4v) is 6.55. The van der Waals surface area contributed by atoms with Gasteiger partial charge < -0.3 is 19.7 Å². The van der Waals surface area contributed by atoms with E-state index in [1.165, 1.54) is 9.78 Å². The Labute approximate surface area is 244 Å². The van der Waals surface area contributed by atoms with Gasteiger partial charge in [0.05, 0.1) is 50.2 Å². The molecule has 4 heterocycles. The first-order valence-electron chi connectivity index (χ1n) is 14.2. The molecule has 0 radical (unpaired) electrons. The van der Waals surface area contributed by atoms with Crippen LogP contribution in [-0.2, 0) is 20.9 Å². The molecule has 10 heteroatoms. The number of anilines is 2. The number of ether oxygens (including phenoxy) is 2. The van der Waals surface area contributed by atoms with Gasteiger partial charge in [0.15, 0.2) is 0 Å². The van der Waals surface area contributed by atoms with Crippen LogP contribution in [0.5, 0.6) is 0 Å². The fraction of sp³-hybridized carbons (Fsp3) is 0.387. The monoisotopic (exact) mass is 574 g/mol. The molecule has 0 unspecified atom stereocenters. The molecule has 9 nitrogen and oxygen atoms in total. The number of aliphatic imine (C=N–C) groups is 1. The van der Waals surface area contributed by atoms with Gasteiger partial charge >= 0.3 is 12.1 Å². The van der Waals surface area contributed by atoms with E-state index in [1.807, 2.05) is 48.5 Å². The van der Waals surface area contributed by atoms with Crippen molar-refractivity contribution < 1.29 is 23.5 Å². The second kappa shape index (κ2) is 11.5. The van der Waals surface area contributed by atoms with Crippen LogP contribution in [0.1, 0.15) is 28.8 Å². The maximum absolute atomic E-state index is 13.1. The van der Waals surface area contributed by atoms with Gasteiger partial charge in [-0.2, -0.15) is 0 Å². The van der Waals surface area contributed by atoms with E-state index in [1.54, 1.807) is 11.3 Å². The number of fused-ring (bicyclic) bond motifs is 2. The Morgan fingerprint density at radius 3 is 2.61 bits per heavy atom. The number of likely N-dealkylation sites (N-methyl/N-ethyl adjacent to an activating group) is 1. The number of carbonyl (C=O) groups is 2. The molecule has 3 aliphatic rings. The predicted molar refractivity (Wildman–Crippen MR) is 160 cm³/mol. The molecule has 0 bridgehead atoms. The Morgan fingerprint density at radius 2 is 1.80 bits per heavy atom. The van der Waals surface area contributed by atoms with E-state index < -0.39 is 12.1 Å². The lowest BCUT2D eigenvalue weighted by Gasteiger charge is -2.42. The zero-order valence-corrected chi connectivity index (χ0v) is 24.4. The zero-order chi connectivity index (χ0) is 28.4. The standard InChI is InChI=1S/C31H36N5O4S/c1-22-19-24-28(32-25-11-6-7-12-26(25)33-29(24)41-22)34-15-17-36(2,18-16-34)21-40-31(38)35-14-8-13-27(35)30(37)39-20-23-9-4-3-5-10-23/h3-7,9-12,19,27,33H,8,13-18,20-21H2,1-2H3/q+1/t27-/m0/s1. The van der Waals surface area contributed by atoms with Gasteiger partial charge in [0.2, 0.25) is 6.73 Å². The number of para-hydroxylation sites is 2. The summed E-state index contributed by atoms with van der Waals surface area (Å²) in [5.74, 6) is 0.611. The summed E-state index contributed by atoms with van der Waals surface area (Å²) in [5, 5.41) is 4.69. The number of rotatable bonds is 5. The number of carbonyl (C=O) groups excluding carboxylic acids is 2. The van der Waals surface area contributed by atoms with Crippen LogP contribution in [0.4, 0.5) is 21.2 Å². The number of piperazine rings is 1. The van der Waals surface area contributed by atoms with E-state index in [2.05, 4.69) is 36.3 Å². The fourth-order valence-electron chi connectivity index (χ4n) is 5.63. The number of aryl methyl sites for hydroxylation is 1. The largest absolute Gasteiger partial charge is 0.459 e. The summed E-state index contributed by atoms with van der Waals surface area (Å²) in [6.45, 7) is 6.28. The average Bonchev–Trinajstić information content (AvgIpc) is 3.59. The first-order valence-corrected chi connectivity index (χ1v) is 15.0. The third kappa shape index (κ3) is 5.94. The van der Waals surface area contributed by atoms with Crippen molar-refractivity contribution in [2.45, 2.75) is 32.4 Å². The first kappa shape index (κ1) is 27.3. The topological polar surface area (TPSA) is 83.5 Å². The number of amides is 1. The van der Waals surface area contributed by atoms with E-state index in [4.69, 9.17) is 14.5 Å². The van der Waals surface area contributed by atoms with Crippen LogP contribution in [-0.4, -0.2) is 84.7 Å². The van der Waals surface area contributed by atoms with Gasteiger partial charge in [-0.3, -0.25) is 9.38 Å². The van der Waals surface area contributed by atoms with Crippen LogP contribution < -0.4 is 5.32 Å². The van der Waals surface area contributed by atoms with E-state index in [9.17, 15) is 9.59 Å². The van der Waals surface area contributed by atoms with Crippen molar-refractivity contribution in [1.29, 1.82) is 0 Å². The number of quaternary nitrogens is 1. The van der Waals surface area contributed by atoms with Crippen LogP contribution >= 0.6 is 11.3 Å². The van der Waals surface area contributed by atoms with Crippen LogP contribution in [0, 0.1) is 6.92 Å². The maximum atomic E-state index is 13.1. The van der Waals surface area contributed by atoms with Crippen molar-refractivity contribution in [2.24, 2.45) is 4.99 Å². The van der Waals surface area contributed by atoms with Gasteiger partial charge in [0.1, 0.15) is 23.5 Å². The highest BCUT2D eigenvalue weighted by Crippen LogP contribution is 2.39. The maximum Gasteiger partial charge on any atom is 0.414 e. The molecule has 214 valence electrons. The summed E-state index contributed by atoms with van der Waals surface area (Å²) in [7, 11) is 2.12. The molecule has 2 fully saturated rings. The van der Waals surface area contributed by atoms with Crippen LogP contribution in [0.15, 0.2) is 65.7 Å². The second-order valence-electron chi connectivity index (χ2n) is 11.2. The minimum Gasteiger partial charge on any atom is -0.459 e. The van der Waals surface area contributed by atoms with Crippen molar-refractivity contribution in [3.63, 3.8) is 0 Å². The molecule has 1 N–H and O–H groups in total. The number of hydrogen-bond donors (Lipinski definition) is 1. The number of thiophene rings is 1. The number of nitrogens with one attached hydrogen (secondary N) is 1. The number of benzene rings is 2. The molecule has 0 spiro atoms. The Morgan fingerprint density at radius 1 is 1.05 bits per heavy atom. The smallest absolute Gasteiger partial charge is 0.414 e. The summed E-state index contributed by atoms with van der Waals surface area (Å²) < 4.78 is 11.9. The number of hydrogen-bond acceptors (Lipinski definition) is 8. The van der Waals surface area contributed by atoms with Crippen molar-refractivity contribution in [3.8, 4) is 0 Å². The number of amidine groups is 1. The highest BCUT2D eigenvalue weighted by atomic mass is 32.1. The summed E-state index contributed by atoms with van der Waals surface area (Å²) in [6, 6.07) is 19.3. The van der Waals surface area contributed by atoms with Crippen LogP contribution in [0.2, 0.25) is 0 Å². The Hall–Kier alpha value is -3.89. The SMILES string of the molecule is Cc1cc2c(s1)Nc1ccccc1N=C2N1CC[N+](C)(COC(=O)N2CCC[C@H]2C(=O)OCc2ccccc2)CC1. The number of esters is 1. The van der Waals surface area contributed by atoms with Gasteiger partial charge in [-0.15, -0.1) is 11.3 Å². The molecule has 2 aromatic carbocycles. The molecule has 41 heavy (non-hydrogen) atoms. The van der Waals surface area contributed by atoms with E-state index in [0.29, 0.717) is 17.4 Å². The molecule has 3 aliphatic heterocycles. The van der Waals surface area contributed by atoms with Gasteiger partial charge in [0.25, 0.3) is 0 Å². The molecule has 2 saturated heterocycles. The lowest BCUT2D eigenvalue weighted by molar-refractivity contribution is -0.929. The van der Waals surface area contributed by atoms with Crippen molar-refractivity contribution >= 4 is 45.6 Å². The molecule has 0 aliphatic carbocycles. The lowest BCUT2D eigenvalue weighted by atomic mass is 10.2. The van der Waals surface area contributed by atoms with Gasteiger partial charge in [-0.1, -0.05) is 42.5 Å². The summed E-state index contributed by atoms with van der Waals surface area (Å²) >= 11 is 1.74. The van der Waals surface area contributed by atoms with Crippen molar-refractivity contribution in [2.75, 3.05) is 51.8 Å². The molecular weight excluding hydrogens is 538 g/mol. The third-order valence-electron chi connectivity index (χ3n) is 8.08. The normalized spacial score (nSPS) is 19.4. The molecule has 6 rings (SSSR count). The predicted octanol–water partition coefficient (Wildman–Crippen LogP) is 5.26. The molecule has 3 aromatic rings. The highest BCUT2D eigenvalue weighted by molar-refractivity contribution is 7.16. The van der Waals surface area contributed by atoms with E-state index >= 15 is 0 Å². The second-order valence-corrected chi connectivity index (χ2v) is 12.5. The first-order chi connectivity index (χ1) is 19.9. The van der Waals surface area contributed by atoms with Crippen molar-refractivity contribution in [1.82, 2.24) is 9.80 Å². The quantitative estimate of drug-likeness (QED) is 0.331. The number of nitrogens with zero attached hydrogens (tertiary/aromatic N) is 4. The van der Waals surface area contributed by atoms with Gasteiger partial charge in [-0.25, -0.2) is 14.6 Å². The Bertz CT molecular complexity index is 1450. The lowest BCUT2D eigenvalue weighted by Crippen LogP contribution is -2.59. The Balaban J connectivity index is 1.06. The summed E-state index contributed by atoms with van der Waals surface area (Å²) in [6.07, 6.45) is 0.902.